The fourth-order valence-electron chi connectivity index (χ4n) is 1.78. The lowest BCUT2D eigenvalue weighted by atomic mass is 10.1. The molecule has 2 unspecified atom stereocenters. The molecule has 5 heteroatoms. The van der Waals surface area contributed by atoms with Crippen LogP contribution in [0.4, 0.5) is 0 Å². The van der Waals surface area contributed by atoms with Crippen LogP contribution in [0.2, 0.25) is 0 Å². The third kappa shape index (κ3) is 7.68. The van der Waals surface area contributed by atoms with Crippen LogP contribution in [0.3, 0.4) is 0 Å². The molecule has 1 aliphatic rings. The quantitative estimate of drug-likeness (QED) is 0.569. The average molecular weight is 247 g/mol. The minimum absolute atomic E-state index is 0.220. The van der Waals surface area contributed by atoms with Crippen LogP contribution in [-0.4, -0.2) is 63.9 Å². The Bertz CT molecular complexity index is 174. The fraction of sp³-hybridized carbons (Fsp3) is 1.00. The monoisotopic (exact) mass is 247 g/mol. The van der Waals surface area contributed by atoms with Crippen molar-refractivity contribution in [3.8, 4) is 0 Å². The minimum Gasteiger partial charge on any atom is -0.389 e. The van der Waals surface area contributed by atoms with E-state index in [1.807, 2.05) is 0 Å². The van der Waals surface area contributed by atoms with E-state index in [-0.39, 0.29) is 6.10 Å². The van der Waals surface area contributed by atoms with Crippen molar-refractivity contribution in [2.75, 3.05) is 46.6 Å². The first-order chi connectivity index (χ1) is 8.33. The molecule has 0 amide bonds. The lowest BCUT2D eigenvalue weighted by Gasteiger charge is -2.23. The zero-order valence-electron chi connectivity index (χ0n) is 10.7. The lowest BCUT2D eigenvalue weighted by Crippen LogP contribution is -2.33. The van der Waals surface area contributed by atoms with Gasteiger partial charge in [-0.05, 0) is 19.3 Å². The smallest absolute Gasteiger partial charge is 0.0897 e. The second-order valence-corrected chi connectivity index (χ2v) is 4.38. The summed E-state index contributed by atoms with van der Waals surface area (Å²) >= 11 is 0. The summed E-state index contributed by atoms with van der Waals surface area (Å²) in [6.45, 7) is 3.74. The van der Waals surface area contributed by atoms with Gasteiger partial charge < -0.3 is 24.6 Å². The van der Waals surface area contributed by atoms with Crippen molar-refractivity contribution in [2.45, 2.75) is 31.5 Å². The van der Waals surface area contributed by atoms with Gasteiger partial charge in [-0.2, -0.15) is 0 Å². The van der Waals surface area contributed by atoms with Gasteiger partial charge in [0.2, 0.25) is 0 Å². The van der Waals surface area contributed by atoms with Crippen LogP contribution in [0, 0.1) is 0 Å². The van der Waals surface area contributed by atoms with Crippen LogP contribution < -0.4 is 5.32 Å². The highest BCUT2D eigenvalue weighted by atomic mass is 16.5. The van der Waals surface area contributed by atoms with E-state index in [9.17, 15) is 5.11 Å². The Morgan fingerprint density at radius 1 is 1.47 bits per heavy atom. The number of hydrogen-bond donors (Lipinski definition) is 2. The molecule has 102 valence electrons. The highest BCUT2D eigenvalue weighted by Gasteiger charge is 2.14. The number of ether oxygens (including phenoxy) is 3. The summed E-state index contributed by atoms with van der Waals surface area (Å²) in [4.78, 5) is 0. The van der Waals surface area contributed by atoms with Gasteiger partial charge in [-0.25, -0.2) is 0 Å². The number of aliphatic hydroxyl groups is 1. The molecule has 0 aliphatic carbocycles. The third-order valence-electron chi connectivity index (χ3n) is 2.75. The number of nitrogens with one attached hydrogen (secondary N) is 1. The molecular formula is C12H25NO4. The Morgan fingerprint density at radius 3 is 3.06 bits per heavy atom. The van der Waals surface area contributed by atoms with E-state index in [2.05, 4.69) is 5.32 Å². The van der Waals surface area contributed by atoms with Crippen molar-refractivity contribution in [1.29, 1.82) is 0 Å². The first-order valence-electron chi connectivity index (χ1n) is 6.40. The molecule has 17 heavy (non-hydrogen) atoms. The molecule has 1 rings (SSSR count). The SMILES string of the molecule is COCCNCC(O)COCC1CCCCO1. The number of aliphatic hydroxyl groups excluding tert-OH is 1. The molecule has 5 nitrogen and oxygen atoms in total. The number of hydrogen-bond acceptors (Lipinski definition) is 5. The lowest BCUT2D eigenvalue weighted by molar-refractivity contribution is -0.0566. The maximum absolute atomic E-state index is 9.61. The molecule has 0 aromatic rings. The maximum atomic E-state index is 9.61. The summed E-state index contributed by atoms with van der Waals surface area (Å²) in [6, 6.07) is 0. The number of methoxy groups -OCH3 is 1. The molecule has 0 aromatic carbocycles. The summed E-state index contributed by atoms with van der Waals surface area (Å²) in [5.41, 5.74) is 0. The van der Waals surface area contributed by atoms with Gasteiger partial charge in [-0.3, -0.25) is 0 Å². The molecule has 0 spiro atoms. The Labute approximate surface area is 103 Å². The van der Waals surface area contributed by atoms with Gasteiger partial charge in [-0.15, -0.1) is 0 Å². The van der Waals surface area contributed by atoms with Crippen molar-refractivity contribution in [3.05, 3.63) is 0 Å². The zero-order valence-corrected chi connectivity index (χ0v) is 10.7. The normalized spacial score (nSPS) is 22.6. The van der Waals surface area contributed by atoms with Crippen molar-refractivity contribution in [1.82, 2.24) is 5.32 Å². The van der Waals surface area contributed by atoms with E-state index in [0.29, 0.717) is 26.4 Å². The standard InChI is InChI=1S/C12H25NO4/c1-15-7-5-13-8-11(14)9-16-10-12-4-2-3-6-17-12/h11-14H,2-10H2,1H3. The summed E-state index contributed by atoms with van der Waals surface area (Å²) in [5, 5.41) is 12.7. The Balaban J connectivity index is 1.90. The van der Waals surface area contributed by atoms with Crippen LogP contribution in [0.25, 0.3) is 0 Å². The topological polar surface area (TPSA) is 60.0 Å². The van der Waals surface area contributed by atoms with Crippen LogP contribution >= 0.6 is 0 Å². The summed E-state index contributed by atoms with van der Waals surface area (Å²) in [6.07, 6.45) is 3.20. The van der Waals surface area contributed by atoms with Crippen LogP contribution in [0.5, 0.6) is 0 Å². The van der Waals surface area contributed by atoms with Gasteiger partial charge in [0, 0.05) is 26.8 Å². The highest BCUT2D eigenvalue weighted by molar-refractivity contribution is 4.64. The molecule has 1 aliphatic heterocycles. The van der Waals surface area contributed by atoms with Gasteiger partial charge in [0.1, 0.15) is 0 Å². The van der Waals surface area contributed by atoms with Crippen LogP contribution in [0.1, 0.15) is 19.3 Å². The van der Waals surface area contributed by atoms with Crippen LogP contribution in [0.15, 0.2) is 0 Å². The summed E-state index contributed by atoms with van der Waals surface area (Å²) < 4.78 is 15.9. The van der Waals surface area contributed by atoms with Crippen molar-refractivity contribution in [3.63, 3.8) is 0 Å². The highest BCUT2D eigenvalue weighted by Crippen LogP contribution is 2.12. The van der Waals surface area contributed by atoms with Crippen molar-refractivity contribution in [2.24, 2.45) is 0 Å². The first kappa shape index (κ1) is 14.9. The molecule has 2 atom stereocenters. The second-order valence-electron chi connectivity index (χ2n) is 4.38. The van der Waals surface area contributed by atoms with E-state index in [0.717, 1.165) is 26.0 Å². The molecule has 0 aromatic heterocycles. The predicted octanol–water partition coefficient (Wildman–Crippen LogP) is 0.169. The Hall–Kier alpha value is -0.200. The molecule has 0 saturated carbocycles. The van der Waals surface area contributed by atoms with Gasteiger partial charge >= 0.3 is 0 Å². The van der Waals surface area contributed by atoms with Crippen molar-refractivity contribution < 1.29 is 19.3 Å². The Morgan fingerprint density at radius 2 is 2.35 bits per heavy atom. The molecule has 1 saturated heterocycles. The molecular weight excluding hydrogens is 222 g/mol. The predicted molar refractivity (Wildman–Crippen MR) is 65.2 cm³/mol. The van der Waals surface area contributed by atoms with E-state index in [1.54, 1.807) is 7.11 Å². The van der Waals surface area contributed by atoms with E-state index in [1.165, 1.54) is 6.42 Å². The van der Waals surface area contributed by atoms with Gasteiger partial charge in [0.25, 0.3) is 0 Å². The Kier molecular flexibility index (Phi) is 8.56. The minimum atomic E-state index is -0.463. The van der Waals surface area contributed by atoms with Gasteiger partial charge in [-0.1, -0.05) is 0 Å². The van der Waals surface area contributed by atoms with E-state index >= 15 is 0 Å². The largest absolute Gasteiger partial charge is 0.389 e. The van der Waals surface area contributed by atoms with E-state index in [4.69, 9.17) is 14.2 Å². The van der Waals surface area contributed by atoms with Gasteiger partial charge in [0.05, 0.1) is 32.0 Å². The molecule has 1 heterocycles. The first-order valence-corrected chi connectivity index (χ1v) is 6.40. The summed E-state index contributed by atoms with van der Waals surface area (Å²) in [5.74, 6) is 0. The van der Waals surface area contributed by atoms with Gasteiger partial charge in [0.15, 0.2) is 0 Å². The molecule has 1 fully saturated rings. The average Bonchev–Trinajstić information content (AvgIpc) is 2.36. The maximum Gasteiger partial charge on any atom is 0.0897 e. The molecule has 0 bridgehead atoms. The zero-order chi connectivity index (χ0) is 12.3. The fourth-order valence-corrected chi connectivity index (χ4v) is 1.78. The second kappa shape index (κ2) is 9.79. The molecule has 2 N–H and O–H groups in total. The third-order valence-corrected chi connectivity index (χ3v) is 2.75. The number of rotatable bonds is 9. The summed E-state index contributed by atoms with van der Waals surface area (Å²) in [7, 11) is 1.66. The van der Waals surface area contributed by atoms with E-state index < -0.39 is 6.10 Å². The molecule has 0 radical (unpaired) electrons. The van der Waals surface area contributed by atoms with Crippen LogP contribution in [-0.2, 0) is 14.2 Å². The van der Waals surface area contributed by atoms with Crippen molar-refractivity contribution >= 4 is 0 Å².